The molecule has 1 aliphatic heterocycles. The maximum Gasteiger partial charge on any atom is 0.403 e. The highest BCUT2D eigenvalue weighted by atomic mass is 32.2. The second kappa shape index (κ2) is 6.03. The fourth-order valence-corrected chi connectivity index (χ4v) is 2.75. The van der Waals surface area contributed by atoms with Crippen LogP contribution in [0.25, 0.3) is 0 Å². The molecule has 1 rings (SSSR count). The third kappa shape index (κ3) is 6.24. The molecule has 0 aromatic rings. The van der Waals surface area contributed by atoms with Gasteiger partial charge >= 0.3 is 12.4 Å². The van der Waals surface area contributed by atoms with Crippen LogP contribution in [0.5, 0.6) is 0 Å². The first-order chi connectivity index (χ1) is 8.89. The quantitative estimate of drug-likeness (QED) is 0.664. The molecule has 0 aromatic carbocycles. The van der Waals surface area contributed by atoms with Crippen LogP contribution in [0.2, 0.25) is 0 Å². The normalized spacial score (nSPS) is 25.7. The third-order valence-electron chi connectivity index (χ3n) is 2.59. The highest BCUT2D eigenvalue weighted by Crippen LogP contribution is 2.26. The Bertz CT molecular complexity index is 413. The third-order valence-corrected chi connectivity index (χ3v) is 3.76. The zero-order chi connectivity index (χ0) is 15.6. The monoisotopic (exact) mass is 329 g/mol. The van der Waals surface area contributed by atoms with E-state index in [1.807, 2.05) is 4.72 Å². The Morgan fingerprint density at radius 2 is 1.70 bits per heavy atom. The zero-order valence-corrected chi connectivity index (χ0v) is 10.8. The number of piperidine rings is 1. The SMILES string of the molecule is O=S(=O)(NCC(F)(F)F)NC1CCC(C(F)(F)F)NC1. The first-order valence-electron chi connectivity index (χ1n) is 5.53. The fourth-order valence-electron chi connectivity index (χ4n) is 1.67. The minimum Gasteiger partial charge on any atom is -0.305 e. The van der Waals surface area contributed by atoms with Crippen LogP contribution in [0, 0.1) is 0 Å². The Balaban J connectivity index is 2.43. The van der Waals surface area contributed by atoms with Crippen LogP contribution in [-0.2, 0) is 10.2 Å². The van der Waals surface area contributed by atoms with Crippen molar-refractivity contribution >= 4 is 10.2 Å². The highest BCUT2D eigenvalue weighted by Gasteiger charge is 2.42. The second-order valence-corrected chi connectivity index (χ2v) is 5.87. The molecule has 0 spiro atoms. The Hall–Kier alpha value is -0.590. The van der Waals surface area contributed by atoms with Crippen molar-refractivity contribution in [1.82, 2.24) is 14.8 Å². The van der Waals surface area contributed by atoms with E-state index in [1.165, 1.54) is 4.72 Å². The van der Waals surface area contributed by atoms with E-state index in [2.05, 4.69) is 5.32 Å². The standard InChI is InChI=1S/C8H13F6N3O2S/c9-7(10,11)4-16-20(18,19)17-5-1-2-6(15-3-5)8(12,13)14/h5-6,15-17H,1-4H2. The number of alkyl halides is 6. The maximum atomic E-state index is 12.3. The molecule has 3 N–H and O–H groups in total. The lowest BCUT2D eigenvalue weighted by molar-refractivity contribution is -0.160. The van der Waals surface area contributed by atoms with E-state index in [1.54, 1.807) is 0 Å². The van der Waals surface area contributed by atoms with Crippen LogP contribution in [-0.4, -0.2) is 45.9 Å². The van der Waals surface area contributed by atoms with E-state index >= 15 is 0 Å². The van der Waals surface area contributed by atoms with Crippen molar-refractivity contribution in [3.05, 3.63) is 0 Å². The van der Waals surface area contributed by atoms with Gasteiger partial charge in [-0.25, -0.2) is 0 Å². The van der Waals surface area contributed by atoms with Crippen LogP contribution < -0.4 is 14.8 Å². The summed E-state index contributed by atoms with van der Waals surface area (Å²) in [5.74, 6) is 0. The van der Waals surface area contributed by atoms with E-state index in [9.17, 15) is 34.8 Å². The second-order valence-electron chi connectivity index (χ2n) is 4.33. The summed E-state index contributed by atoms with van der Waals surface area (Å²) < 4.78 is 98.2. The zero-order valence-electron chi connectivity index (χ0n) is 9.98. The topological polar surface area (TPSA) is 70.2 Å². The van der Waals surface area contributed by atoms with Crippen LogP contribution >= 0.6 is 0 Å². The Morgan fingerprint density at radius 1 is 1.10 bits per heavy atom. The summed E-state index contributed by atoms with van der Waals surface area (Å²) in [4.78, 5) is 0. The van der Waals surface area contributed by atoms with Gasteiger partial charge in [0, 0.05) is 12.6 Å². The van der Waals surface area contributed by atoms with E-state index < -0.39 is 41.2 Å². The molecule has 0 amide bonds. The first kappa shape index (κ1) is 17.5. The molecule has 2 unspecified atom stereocenters. The van der Waals surface area contributed by atoms with Crippen molar-refractivity contribution in [2.45, 2.75) is 37.3 Å². The molecular formula is C8H13F6N3O2S. The predicted octanol–water partition coefficient (Wildman–Crippen LogP) is 0.656. The molecule has 5 nitrogen and oxygen atoms in total. The molecule has 0 saturated carbocycles. The molecule has 0 aliphatic carbocycles. The van der Waals surface area contributed by atoms with Crippen molar-refractivity contribution in [1.29, 1.82) is 0 Å². The smallest absolute Gasteiger partial charge is 0.305 e. The molecule has 12 heteroatoms. The Labute approximate surface area is 111 Å². The number of hydrogen-bond acceptors (Lipinski definition) is 3. The van der Waals surface area contributed by atoms with Crippen LogP contribution in [0.4, 0.5) is 26.3 Å². The number of nitrogens with one attached hydrogen (secondary N) is 3. The van der Waals surface area contributed by atoms with Gasteiger partial charge in [-0.3, -0.25) is 0 Å². The van der Waals surface area contributed by atoms with Gasteiger partial charge in [0.05, 0.1) is 0 Å². The van der Waals surface area contributed by atoms with Crippen molar-refractivity contribution in [2.24, 2.45) is 0 Å². The van der Waals surface area contributed by atoms with E-state index in [-0.39, 0.29) is 19.4 Å². The van der Waals surface area contributed by atoms with Gasteiger partial charge in [0.25, 0.3) is 10.2 Å². The molecule has 20 heavy (non-hydrogen) atoms. The molecule has 0 radical (unpaired) electrons. The lowest BCUT2D eigenvalue weighted by atomic mass is 10.0. The van der Waals surface area contributed by atoms with Crippen LogP contribution in [0.15, 0.2) is 0 Å². The lowest BCUT2D eigenvalue weighted by Gasteiger charge is -2.31. The van der Waals surface area contributed by atoms with Gasteiger partial charge in [-0.15, -0.1) is 0 Å². The van der Waals surface area contributed by atoms with Crippen molar-refractivity contribution in [3.63, 3.8) is 0 Å². The summed E-state index contributed by atoms with van der Waals surface area (Å²) in [6, 6.07) is -2.62. The molecule has 0 bridgehead atoms. The fraction of sp³-hybridized carbons (Fsp3) is 1.00. The molecule has 1 fully saturated rings. The van der Waals surface area contributed by atoms with Gasteiger partial charge in [-0.2, -0.15) is 44.2 Å². The Kier molecular flexibility index (Phi) is 5.27. The van der Waals surface area contributed by atoms with Gasteiger partial charge in [0.2, 0.25) is 0 Å². The molecule has 0 aromatic heterocycles. The van der Waals surface area contributed by atoms with Crippen molar-refractivity contribution in [3.8, 4) is 0 Å². The largest absolute Gasteiger partial charge is 0.403 e. The van der Waals surface area contributed by atoms with Crippen LogP contribution in [0.3, 0.4) is 0 Å². The van der Waals surface area contributed by atoms with E-state index in [0.717, 1.165) is 0 Å². The van der Waals surface area contributed by atoms with Gasteiger partial charge < -0.3 is 5.32 Å². The van der Waals surface area contributed by atoms with Gasteiger partial charge in [0.15, 0.2) is 0 Å². The number of hydrogen-bond donors (Lipinski definition) is 3. The van der Waals surface area contributed by atoms with E-state index in [4.69, 9.17) is 0 Å². The van der Waals surface area contributed by atoms with Crippen molar-refractivity contribution < 1.29 is 34.8 Å². The summed E-state index contributed by atoms with van der Waals surface area (Å²) in [6.45, 7) is -2.05. The molecule has 1 heterocycles. The molecule has 120 valence electrons. The minimum absolute atomic E-state index is 0.121. The van der Waals surface area contributed by atoms with E-state index in [0.29, 0.717) is 0 Å². The average Bonchev–Trinajstić information content (AvgIpc) is 2.25. The Morgan fingerprint density at radius 3 is 2.10 bits per heavy atom. The summed E-state index contributed by atoms with van der Waals surface area (Å²) >= 11 is 0. The molecule has 1 aliphatic rings. The molecule has 1 saturated heterocycles. The summed E-state index contributed by atoms with van der Waals surface area (Å²) in [5.41, 5.74) is 0. The van der Waals surface area contributed by atoms with Crippen LogP contribution in [0.1, 0.15) is 12.8 Å². The number of rotatable bonds is 4. The maximum absolute atomic E-state index is 12.3. The molecule has 2 atom stereocenters. The summed E-state index contributed by atoms with van der Waals surface area (Å²) in [6.07, 6.45) is -9.61. The van der Waals surface area contributed by atoms with Gasteiger partial charge in [-0.1, -0.05) is 0 Å². The molecular weight excluding hydrogens is 316 g/mol. The highest BCUT2D eigenvalue weighted by molar-refractivity contribution is 7.87. The predicted molar refractivity (Wildman–Crippen MR) is 57.0 cm³/mol. The minimum atomic E-state index is -4.71. The number of halogens is 6. The average molecular weight is 329 g/mol. The summed E-state index contributed by atoms with van der Waals surface area (Å²) in [7, 11) is -4.41. The first-order valence-corrected chi connectivity index (χ1v) is 7.01. The lowest BCUT2D eigenvalue weighted by Crippen LogP contribution is -2.56. The van der Waals surface area contributed by atoms with Gasteiger partial charge in [-0.05, 0) is 12.8 Å². The van der Waals surface area contributed by atoms with Gasteiger partial charge in [0.1, 0.15) is 12.6 Å². The summed E-state index contributed by atoms with van der Waals surface area (Å²) in [5, 5.41) is 2.10. The van der Waals surface area contributed by atoms with Crippen molar-refractivity contribution in [2.75, 3.05) is 13.1 Å².